The summed E-state index contributed by atoms with van der Waals surface area (Å²) in [6, 6.07) is 3.60. The predicted octanol–water partition coefficient (Wildman–Crippen LogP) is 1.74. The Balaban J connectivity index is 1.60. The van der Waals surface area contributed by atoms with Gasteiger partial charge < -0.3 is 15.5 Å². The summed E-state index contributed by atoms with van der Waals surface area (Å²) < 4.78 is 27.1. The molecular weight excluding hydrogens is 288 g/mol. The molecule has 0 aromatic heterocycles. The molecule has 0 spiro atoms. The molecule has 1 saturated heterocycles. The van der Waals surface area contributed by atoms with Crippen molar-refractivity contribution in [3.63, 3.8) is 0 Å². The van der Waals surface area contributed by atoms with Crippen molar-refractivity contribution in [1.29, 1.82) is 0 Å². The van der Waals surface area contributed by atoms with Crippen LogP contribution >= 0.6 is 0 Å². The van der Waals surface area contributed by atoms with Crippen LogP contribution < -0.4 is 10.6 Å². The van der Waals surface area contributed by atoms with Crippen molar-refractivity contribution in [1.82, 2.24) is 4.90 Å². The minimum absolute atomic E-state index is 0.0347. The lowest BCUT2D eigenvalue weighted by atomic mass is 10.1. The van der Waals surface area contributed by atoms with Crippen LogP contribution in [0.25, 0.3) is 0 Å². The number of nitrogens with zero attached hydrogens (tertiary/aromatic N) is 2. The molecule has 2 N–H and O–H groups in total. The number of benzene rings is 1. The Morgan fingerprint density at radius 2 is 1.86 bits per heavy atom. The Morgan fingerprint density at radius 3 is 2.50 bits per heavy atom. The first-order chi connectivity index (χ1) is 10.5. The Labute approximate surface area is 128 Å². The van der Waals surface area contributed by atoms with E-state index in [1.165, 1.54) is 6.07 Å². The van der Waals surface area contributed by atoms with Crippen LogP contribution in [-0.2, 0) is 4.79 Å². The van der Waals surface area contributed by atoms with Gasteiger partial charge in [-0.3, -0.25) is 4.79 Å². The van der Waals surface area contributed by atoms with Crippen molar-refractivity contribution in [2.75, 3.05) is 31.1 Å². The number of hydrogen-bond donors (Lipinski definition) is 1. The number of carbonyl (C=O) groups is 1. The van der Waals surface area contributed by atoms with Gasteiger partial charge in [0.25, 0.3) is 0 Å². The van der Waals surface area contributed by atoms with Crippen LogP contribution in [0.5, 0.6) is 0 Å². The van der Waals surface area contributed by atoms with Crippen LogP contribution in [0.3, 0.4) is 0 Å². The normalized spacial score (nSPS) is 25.6. The molecule has 22 heavy (non-hydrogen) atoms. The summed E-state index contributed by atoms with van der Waals surface area (Å²) in [7, 11) is 0. The van der Waals surface area contributed by atoms with Crippen molar-refractivity contribution in [2.45, 2.75) is 25.3 Å². The molecule has 3 rings (SSSR count). The van der Waals surface area contributed by atoms with Gasteiger partial charge in [0.05, 0.1) is 5.69 Å². The monoisotopic (exact) mass is 309 g/mol. The lowest BCUT2D eigenvalue weighted by molar-refractivity contribution is -0.135. The van der Waals surface area contributed by atoms with Gasteiger partial charge in [0.1, 0.15) is 11.6 Å². The van der Waals surface area contributed by atoms with E-state index in [-0.39, 0.29) is 23.6 Å². The second-order valence-electron chi connectivity index (χ2n) is 6.18. The third kappa shape index (κ3) is 3.06. The average molecular weight is 309 g/mol. The molecule has 1 aliphatic heterocycles. The van der Waals surface area contributed by atoms with Gasteiger partial charge in [-0.25, -0.2) is 8.78 Å². The fourth-order valence-corrected chi connectivity index (χ4v) is 3.39. The molecule has 1 heterocycles. The van der Waals surface area contributed by atoms with Crippen LogP contribution in [0.15, 0.2) is 18.2 Å². The van der Waals surface area contributed by atoms with Gasteiger partial charge in [-0.1, -0.05) is 0 Å². The highest BCUT2D eigenvalue weighted by molar-refractivity contribution is 5.79. The van der Waals surface area contributed by atoms with E-state index in [4.69, 9.17) is 5.73 Å². The zero-order valence-corrected chi connectivity index (χ0v) is 12.5. The molecule has 1 aromatic carbocycles. The minimum atomic E-state index is -0.449. The number of anilines is 1. The van der Waals surface area contributed by atoms with Crippen molar-refractivity contribution in [3.8, 4) is 0 Å². The molecule has 1 aliphatic carbocycles. The molecule has 2 fully saturated rings. The molecule has 4 nitrogen and oxygen atoms in total. The lowest BCUT2D eigenvalue weighted by Gasteiger charge is -2.37. The molecule has 1 saturated carbocycles. The molecule has 1 amide bonds. The SMILES string of the molecule is N[C@@H]1CC[C@@H](C(=O)N2CCN(c3cc(F)ccc3F)CC2)C1. The van der Waals surface area contributed by atoms with E-state index in [9.17, 15) is 13.6 Å². The topological polar surface area (TPSA) is 49.6 Å². The molecule has 0 radical (unpaired) electrons. The van der Waals surface area contributed by atoms with Crippen molar-refractivity contribution in [3.05, 3.63) is 29.8 Å². The lowest BCUT2D eigenvalue weighted by Crippen LogP contribution is -2.50. The van der Waals surface area contributed by atoms with Crippen molar-refractivity contribution < 1.29 is 13.6 Å². The highest BCUT2D eigenvalue weighted by Gasteiger charge is 2.32. The molecule has 1 aromatic rings. The number of nitrogens with two attached hydrogens (primary N) is 1. The van der Waals surface area contributed by atoms with E-state index in [1.807, 2.05) is 4.90 Å². The maximum absolute atomic E-state index is 13.8. The quantitative estimate of drug-likeness (QED) is 0.905. The highest BCUT2D eigenvalue weighted by Crippen LogP contribution is 2.27. The summed E-state index contributed by atoms with van der Waals surface area (Å²) in [4.78, 5) is 16.1. The van der Waals surface area contributed by atoms with Gasteiger partial charge in [0, 0.05) is 44.2 Å². The third-order valence-electron chi connectivity index (χ3n) is 4.66. The Morgan fingerprint density at radius 1 is 1.14 bits per heavy atom. The summed E-state index contributed by atoms with van der Waals surface area (Å²) in [5, 5.41) is 0. The maximum atomic E-state index is 13.8. The summed E-state index contributed by atoms with van der Waals surface area (Å²) in [5.74, 6) is -0.683. The predicted molar refractivity (Wildman–Crippen MR) is 80.5 cm³/mol. The van der Waals surface area contributed by atoms with Gasteiger partial charge in [-0.2, -0.15) is 0 Å². The number of halogens is 2. The summed E-state index contributed by atoms with van der Waals surface area (Å²) in [6.45, 7) is 2.12. The van der Waals surface area contributed by atoms with Crippen LogP contribution in [0.2, 0.25) is 0 Å². The fourth-order valence-electron chi connectivity index (χ4n) is 3.39. The summed E-state index contributed by atoms with van der Waals surface area (Å²) >= 11 is 0. The average Bonchev–Trinajstić information content (AvgIpc) is 2.96. The third-order valence-corrected chi connectivity index (χ3v) is 4.66. The molecule has 120 valence electrons. The molecule has 0 bridgehead atoms. The van der Waals surface area contributed by atoms with Gasteiger partial charge in [-0.15, -0.1) is 0 Å². The van der Waals surface area contributed by atoms with E-state index in [1.54, 1.807) is 4.90 Å². The molecular formula is C16H21F2N3O. The number of piperazine rings is 1. The Hall–Kier alpha value is -1.69. The van der Waals surface area contributed by atoms with Crippen molar-refractivity contribution >= 4 is 11.6 Å². The van der Waals surface area contributed by atoms with Crippen LogP contribution in [0, 0.1) is 17.6 Å². The van der Waals surface area contributed by atoms with E-state index < -0.39 is 11.6 Å². The number of amides is 1. The summed E-state index contributed by atoms with van der Waals surface area (Å²) in [5.41, 5.74) is 6.14. The van der Waals surface area contributed by atoms with E-state index >= 15 is 0 Å². The fraction of sp³-hybridized carbons (Fsp3) is 0.562. The summed E-state index contributed by atoms with van der Waals surface area (Å²) in [6.07, 6.45) is 2.53. The number of hydrogen-bond acceptors (Lipinski definition) is 3. The van der Waals surface area contributed by atoms with E-state index in [0.29, 0.717) is 26.2 Å². The zero-order valence-electron chi connectivity index (χ0n) is 12.5. The smallest absolute Gasteiger partial charge is 0.225 e. The van der Waals surface area contributed by atoms with Crippen LogP contribution in [-0.4, -0.2) is 43.0 Å². The van der Waals surface area contributed by atoms with Gasteiger partial charge in [0.2, 0.25) is 5.91 Å². The van der Waals surface area contributed by atoms with E-state index in [0.717, 1.165) is 31.4 Å². The minimum Gasteiger partial charge on any atom is -0.366 e. The molecule has 2 atom stereocenters. The number of rotatable bonds is 2. The number of carbonyl (C=O) groups excluding carboxylic acids is 1. The largest absolute Gasteiger partial charge is 0.366 e. The van der Waals surface area contributed by atoms with E-state index in [2.05, 4.69) is 0 Å². The molecule has 0 unspecified atom stereocenters. The first-order valence-electron chi connectivity index (χ1n) is 7.79. The maximum Gasteiger partial charge on any atom is 0.225 e. The van der Waals surface area contributed by atoms with Crippen LogP contribution in [0.1, 0.15) is 19.3 Å². The standard InChI is InChI=1S/C16H21F2N3O/c17-12-2-4-14(18)15(10-12)20-5-7-21(8-6-20)16(22)11-1-3-13(19)9-11/h2,4,10-11,13H,1,3,5-9,19H2/t11-,13-/m1/s1. The molecule has 6 heteroatoms. The van der Waals surface area contributed by atoms with Crippen LogP contribution in [0.4, 0.5) is 14.5 Å². The van der Waals surface area contributed by atoms with Gasteiger partial charge in [-0.05, 0) is 31.4 Å². The second kappa shape index (κ2) is 6.20. The highest BCUT2D eigenvalue weighted by atomic mass is 19.1. The first-order valence-corrected chi connectivity index (χ1v) is 7.79. The Kier molecular flexibility index (Phi) is 4.29. The zero-order chi connectivity index (χ0) is 15.7. The van der Waals surface area contributed by atoms with Gasteiger partial charge >= 0.3 is 0 Å². The first kappa shape index (κ1) is 15.2. The molecule has 2 aliphatic rings. The van der Waals surface area contributed by atoms with Gasteiger partial charge in [0.15, 0.2) is 0 Å². The second-order valence-corrected chi connectivity index (χ2v) is 6.18. The van der Waals surface area contributed by atoms with Crippen molar-refractivity contribution in [2.24, 2.45) is 11.7 Å². The Bertz CT molecular complexity index is 558.